The van der Waals surface area contributed by atoms with Crippen molar-refractivity contribution >= 4 is 51.8 Å². The molecule has 0 spiro atoms. The second-order valence-electron chi connectivity index (χ2n) is 4.43. The highest BCUT2D eigenvalue weighted by molar-refractivity contribution is 6.37. The van der Waals surface area contributed by atoms with Gasteiger partial charge in [0, 0.05) is 10.7 Å². The predicted molar refractivity (Wildman–Crippen MR) is 84.9 cm³/mol. The molecule has 0 radical (unpaired) electrons. The monoisotopic (exact) mass is 320 g/mol. The fraction of sp³-hybridized carbons (Fsp3) is 0. The van der Waals surface area contributed by atoms with E-state index in [1.54, 1.807) is 30.3 Å². The lowest BCUT2D eigenvalue weighted by Gasteiger charge is -2.07. The Kier molecular flexibility index (Phi) is 3.45. The van der Waals surface area contributed by atoms with Crippen molar-refractivity contribution in [3.8, 4) is 0 Å². The summed E-state index contributed by atoms with van der Waals surface area (Å²) >= 11 is 11.8. The fourth-order valence-electron chi connectivity index (χ4n) is 1.98. The number of nitrogen functional groups attached to an aromatic ring is 1. The zero-order valence-corrected chi connectivity index (χ0v) is 12.2. The first-order chi connectivity index (χ1) is 10.0. The van der Waals surface area contributed by atoms with E-state index in [9.17, 15) is 4.79 Å². The number of hydrogen-bond acceptors (Lipinski definition) is 3. The third-order valence-electron chi connectivity index (χ3n) is 2.94. The number of fused-ring (bicyclic) bond motifs is 1. The molecule has 2 aromatic carbocycles. The SMILES string of the molecule is Nc1nc2cc(NC(=O)c3ccc(Cl)cc3Cl)ccc2[nH]1. The Balaban J connectivity index is 1.88. The van der Waals surface area contributed by atoms with Crippen molar-refractivity contribution in [1.82, 2.24) is 9.97 Å². The molecule has 106 valence electrons. The van der Waals surface area contributed by atoms with E-state index in [0.717, 1.165) is 5.52 Å². The molecule has 1 aromatic heterocycles. The van der Waals surface area contributed by atoms with Gasteiger partial charge in [-0.3, -0.25) is 4.79 Å². The molecular weight excluding hydrogens is 311 g/mol. The fourth-order valence-corrected chi connectivity index (χ4v) is 2.47. The van der Waals surface area contributed by atoms with E-state index in [2.05, 4.69) is 15.3 Å². The third-order valence-corrected chi connectivity index (χ3v) is 3.48. The van der Waals surface area contributed by atoms with E-state index in [1.807, 2.05) is 0 Å². The number of nitrogens with one attached hydrogen (secondary N) is 2. The second kappa shape index (κ2) is 5.27. The van der Waals surface area contributed by atoms with Crippen LogP contribution in [-0.4, -0.2) is 15.9 Å². The van der Waals surface area contributed by atoms with Crippen molar-refractivity contribution in [2.75, 3.05) is 11.1 Å². The van der Waals surface area contributed by atoms with Gasteiger partial charge in [0.15, 0.2) is 5.95 Å². The van der Waals surface area contributed by atoms with Gasteiger partial charge in [0.05, 0.1) is 21.6 Å². The Hall–Kier alpha value is -2.24. The summed E-state index contributed by atoms with van der Waals surface area (Å²) in [5.74, 6) is 0.00810. The highest BCUT2D eigenvalue weighted by Gasteiger charge is 2.11. The van der Waals surface area contributed by atoms with Crippen LogP contribution >= 0.6 is 23.2 Å². The van der Waals surface area contributed by atoms with Gasteiger partial charge in [0.1, 0.15) is 0 Å². The number of nitrogens with two attached hydrogens (primary N) is 1. The van der Waals surface area contributed by atoms with E-state index in [0.29, 0.717) is 32.8 Å². The van der Waals surface area contributed by atoms with E-state index >= 15 is 0 Å². The van der Waals surface area contributed by atoms with Crippen LogP contribution < -0.4 is 11.1 Å². The third kappa shape index (κ3) is 2.79. The lowest BCUT2D eigenvalue weighted by molar-refractivity contribution is 0.102. The van der Waals surface area contributed by atoms with Gasteiger partial charge in [-0.15, -0.1) is 0 Å². The maximum Gasteiger partial charge on any atom is 0.257 e. The van der Waals surface area contributed by atoms with Gasteiger partial charge in [0.2, 0.25) is 0 Å². The molecule has 0 atom stereocenters. The molecule has 21 heavy (non-hydrogen) atoms. The molecule has 3 rings (SSSR count). The first-order valence-electron chi connectivity index (χ1n) is 6.04. The summed E-state index contributed by atoms with van der Waals surface area (Å²) in [4.78, 5) is 19.2. The molecule has 0 bridgehead atoms. The van der Waals surface area contributed by atoms with Crippen molar-refractivity contribution in [2.45, 2.75) is 0 Å². The number of benzene rings is 2. The molecule has 1 heterocycles. The molecule has 5 nitrogen and oxygen atoms in total. The average molecular weight is 321 g/mol. The molecule has 0 fully saturated rings. The number of H-pyrrole nitrogens is 1. The smallest absolute Gasteiger partial charge is 0.257 e. The number of rotatable bonds is 2. The summed E-state index contributed by atoms with van der Waals surface area (Å²) in [6.45, 7) is 0. The van der Waals surface area contributed by atoms with Gasteiger partial charge in [0.25, 0.3) is 5.91 Å². The quantitative estimate of drug-likeness (QED) is 0.673. The van der Waals surface area contributed by atoms with Gasteiger partial charge in [-0.1, -0.05) is 23.2 Å². The van der Waals surface area contributed by atoms with Gasteiger partial charge >= 0.3 is 0 Å². The summed E-state index contributed by atoms with van der Waals surface area (Å²) < 4.78 is 0. The molecule has 0 aliphatic carbocycles. The maximum atomic E-state index is 12.2. The number of aromatic amines is 1. The molecule has 3 aromatic rings. The minimum atomic E-state index is -0.320. The van der Waals surface area contributed by atoms with E-state index in [-0.39, 0.29) is 5.91 Å². The van der Waals surface area contributed by atoms with E-state index in [4.69, 9.17) is 28.9 Å². The molecule has 1 amide bonds. The van der Waals surface area contributed by atoms with Crippen LogP contribution in [0.3, 0.4) is 0 Å². The van der Waals surface area contributed by atoms with Crippen molar-refractivity contribution in [3.05, 3.63) is 52.0 Å². The van der Waals surface area contributed by atoms with Crippen molar-refractivity contribution in [1.29, 1.82) is 0 Å². The minimum Gasteiger partial charge on any atom is -0.369 e. The number of imidazole rings is 1. The molecular formula is C14H10Cl2N4O. The van der Waals surface area contributed by atoms with Crippen LogP contribution in [0.2, 0.25) is 10.0 Å². The van der Waals surface area contributed by atoms with Crippen LogP contribution in [-0.2, 0) is 0 Å². The van der Waals surface area contributed by atoms with Crippen molar-refractivity contribution in [3.63, 3.8) is 0 Å². The van der Waals surface area contributed by atoms with Crippen LogP contribution in [0.15, 0.2) is 36.4 Å². The Bertz CT molecular complexity index is 844. The van der Waals surface area contributed by atoms with E-state index in [1.165, 1.54) is 6.07 Å². The zero-order chi connectivity index (χ0) is 15.0. The highest BCUT2D eigenvalue weighted by Crippen LogP contribution is 2.23. The first kappa shape index (κ1) is 13.7. The number of hydrogen-bond donors (Lipinski definition) is 3. The summed E-state index contributed by atoms with van der Waals surface area (Å²) in [6, 6.07) is 9.98. The molecule has 4 N–H and O–H groups in total. The number of halogens is 2. The summed E-state index contributed by atoms with van der Waals surface area (Å²) in [5.41, 5.74) is 8.01. The maximum absolute atomic E-state index is 12.2. The largest absolute Gasteiger partial charge is 0.369 e. The van der Waals surface area contributed by atoms with Crippen LogP contribution in [0.1, 0.15) is 10.4 Å². The lowest BCUT2D eigenvalue weighted by Crippen LogP contribution is -2.12. The molecule has 0 aliphatic rings. The molecule has 0 saturated heterocycles. The molecule has 0 aliphatic heterocycles. The Morgan fingerprint density at radius 2 is 2.00 bits per heavy atom. The number of nitrogens with zero attached hydrogens (tertiary/aromatic N) is 1. The lowest BCUT2D eigenvalue weighted by atomic mass is 10.2. The second-order valence-corrected chi connectivity index (χ2v) is 5.28. The number of amides is 1. The Morgan fingerprint density at radius 3 is 2.76 bits per heavy atom. The van der Waals surface area contributed by atoms with Gasteiger partial charge in [-0.05, 0) is 36.4 Å². The average Bonchev–Trinajstić information content (AvgIpc) is 2.77. The summed E-state index contributed by atoms with van der Waals surface area (Å²) in [6.07, 6.45) is 0. The van der Waals surface area contributed by atoms with Crippen LogP contribution in [0.4, 0.5) is 11.6 Å². The Morgan fingerprint density at radius 1 is 1.19 bits per heavy atom. The van der Waals surface area contributed by atoms with Gasteiger partial charge < -0.3 is 16.0 Å². The van der Waals surface area contributed by atoms with Crippen LogP contribution in [0.5, 0.6) is 0 Å². The van der Waals surface area contributed by atoms with E-state index < -0.39 is 0 Å². The minimum absolute atomic E-state index is 0.296. The topological polar surface area (TPSA) is 83.8 Å². The molecule has 7 heteroatoms. The van der Waals surface area contributed by atoms with Crippen LogP contribution in [0, 0.1) is 0 Å². The molecule has 0 unspecified atom stereocenters. The number of aromatic nitrogens is 2. The highest BCUT2D eigenvalue weighted by atomic mass is 35.5. The number of anilines is 2. The summed E-state index contributed by atoms with van der Waals surface area (Å²) in [7, 11) is 0. The normalized spacial score (nSPS) is 10.8. The van der Waals surface area contributed by atoms with Crippen molar-refractivity contribution in [2.24, 2.45) is 0 Å². The van der Waals surface area contributed by atoms with Gasteiger partial charge in [-0.2, -0.15) is 0 Å². The first-order valence-corrected chi connectivity index (χ1v) is 6.80. The van der Waals surface area contributed by atoms with Crippen molar-refractivity contribution < 1.29 is 4.79 Å². The van der Waals surface area contributed by atoms with Gasteiger partial charge in [-0.25, -0.2) is 4.98 Å². The number of carbonyl (C=O) groups is 1. The predicted octanol–water partition coefficient (Wildman–Crippen LogP) is 3.70. The van der Waals surface area contributed by atoms with Crippen LogP contribution in [0.25, 0.3) is 11.0 Å². The Labute approximate surface area is 130 Å². The zero-order valence-electron chi connectivity index (χ0n) is 10.7. The number of carbonyl (C=O) groups excluding carboxylic acids is 1. The standard InChI is InChI=1S/C14H10Cl2N4O/c15-7-1-3-9(10(16)5-7)13(21)18-8-2-4-11-12(6-8)20-14(17)19-11/h1-6H,(H,18,21)(H3,17,19,20). The molecule has 0 saturated carbocycles. The summed E-state index contributed by atoms with van der Waals surface area (Å²) in [5, 5.41) is 3.53.